The largest absolute Gasteiger partial charge is 0.381 e. The van der Waals surface area contributed by atoms with Gasteiger partial charge in [0.15, 0.2) is 5.82 Å². The molecule has 0 amide bonds. The summed E-state index contributed by atoms with van der Waals surface area (Å²) in [4.78, 5) is 7.30. The summed E-state index contributed by atoms with van der Waals surface area (Å²) in [5, 5.41) is 4.84. The molecule has 0 N–H and O–H groups in total. The summed E-state index contributed by atoms with van der Waals surface area (Å²) in [5.41, 5.74) is 2.36. The van der Waals surface area contributed by atoms with E-state index in [2.05, 4.69) is 61.8 Å². The fraction of sp³-hybridized carbons (Fsp3) is 0.619. The minimum Gasteiger partial charge on any atom is -0.381 e. The van der Waals surface area contributed by atoms with Crippen LogP contribution in [0.2, 0.25) is 0 Å². The minimum absolute atomic E-state index is 0.126. The highest BCUT2D eigenvalue weighted by Gasteiger charge is 2.28. The van der Waals surface area contributed by atoms with Gasteiger partial charge in [-0.2, -0.15) is 5.10 Å². The highest BCUT2D eigenvalue weighted by atomic mass is 16.5. The fourth-order valence-electron chi connectivity index (χ4n) is 3.79. The van der Waals surface area contributed by atoms with E-state index < -0.39 is 0 Å². The van der Waals surface area contributed by atoms with E-state index in [0.717, 1.165) is 23.8 Å². The highest BCUT2D eigenvalue weighted by molar-refractivity contribution is 5.35. The molecule has 1 heterocycles. The molecule has 1 aliphatic carbocycles. The van der Waals surface area contributed by atoms with Crippen molar-refractivity contribution in [2.24, 2.45) is 0 Å². The van der Waals surface area contributed by atoms with Crippen molar-refractivity contribution in [3.05, 3.63) is 41.5 Å². The van der Waals surface area contributed by atoms with E-state index in [9.17, 15) is 0 Å². The van der Waals surface area contributed by atoms with Crippen LogP contribution in [-0.4, -0.2) is 53.0 Å². The number of aryl methyl sites for hydroxylation is 1. The van der Waals surface area contributed by atoms with Crippen molar-refractivity contribution in [3.8, 4) is 5.69 Å². The van der Waals surface area contributed by atoms with E-state index in [4.69, 9.17) is 14.8 Å². The second kappa shape index (κ2) is 8.31. The Morgan fingerprint density at radius 1 is 1.15 bits per heavy atom. The van der Waals surface area contributed by atoms with Gasteiger partial charge in [-0.05, 0) is 65.8 Å². The molecule has 2 aromatic rings. The van der Waals surface area contributed by atoms with Gasteiger partial charge in [0.1, 0.15) is 5.82 Å². The van der Waals surface area contributed by atoms with Gasteiger partial charge in [-0.3, -0.25) is 0 Å². The molecule has 0 spiro atoms. The van der Waals surface area contributed by atoms with Crippen LogP contribution in [-0.2, 0) is 11.2 Å². The molecule has 3 rings (SSSR count). The van der Waals surface area contributed by atoms with Crippen LogP contribution in [0.25, 0.3) is 5.69 Å². The maximum Gasteiger partial charge on any atom is 0.153 e. The predicted octanol–water partition coefficient (Wildman–Crippen LogP) is 3.74. The highest BCUT2D eigenvalue weighted by Crippen LogP contribution is 2.34. The van der Waals surface area contributed by atoms with Crippen molar-refractivity contribution in [2.45, 2.75) is 64.0 Å². The number of benzene rings is 1. The SMILES string of the molecule is COC(C)Cc1nc(C2CCC(N(C)C)CC2)n(-c2ccc(C)cc2)n1. The molecule has 0 bridgehead atoms. The third-order valence-corrected chi connectivity index (χ3v) is 5.62. The van der Waals surface area contributed by atoms with Crippen molar-refractivity contribution < 1.29 is 4.74 Å². The Kier molecular flexibility index (Phi) is 6.09. The van der Waals surface area contributed by atoms with Gasteiger partial charge in [-0.15, -0.1) is 0 Å². The van der Waals surface area contributed by atoms with Crippen LogP contribution < -0.4 is 0 Å². The quantitative estimate of drug-likeness (QED) is 0.791. The van der Waals surface area contributed by atoms with E-state index in [-0.39, 0.29) is 6.10 Å². The standard InChI is InChI=1S/C21H32N4O/c1-15-6-10-19(11-7-15)25-21(22-20(23-25)14-16(2)26-5)17-8-12-18(13-9-17)24(3)4/h6-7,10-11,16-18H,8-9,12-14H2,1-5H3. The Morgan fingerprint density at radius 3 is 2.38 bits per heavy atom. The lowest BCUT2D eigenvalue weighted by molar-refractivity contribution is 0.117. The molecule has 1 unspecified atom stereocenters. The van der Waals surface area contributed by atoms with Crippen LogP contribution in [0.15, 0.2) is 24.3 Å². The lowest BCUT2D eigenvalue weighted by Crippen LogP contribution is -2.32. The molecule has 1 aromatic heterocycles. The third kappa shape index (κ3) is 4.33. The summed E-state index contributed by atoms with van der Waals surface area (Å²) in [6.45, 7) is 4.18. The van der Waals surface area contributed by atoms with Crippen LogP contribution in [0.5, 0.6) is 0 Å². The first-order valence-electron chi connectivity index (χ1n) is 9.70. The number of hydrogen-bond donors (Lipinski definition) is 0. The van der Waals surface area contributed by atoms with Crippen LogP contribution >= 0.6 is 0 Å². The number of aromatic nitrogens is 3. The molecule has 1 atom stereocenters. The minimum atomic E-state index is 0.126. The molecule has 5 nitrogen and oxygen atoms in total. The fourth-order valence-corrected chi connectivity index (χ4v) is 3.79. The molecule has 1 fully saturated rings. The molecule has 1 aromatic carbocycles. The molecule has 0 radical (unpaired) electrons. The van der Waals surface area contributed by atoms with E-state index >= 15 is 0 Å². The second-order valence-corrected chi connectivity index (χ2v) is 7.85. The van der Waals surface area contributed by atoms with Crippen molar-refractivity contribution in [3.63, 3.8) is 0 Å². The summed E-state index contributed by atoms with van der Waals surface area (Å²) >= 11 is 0. The van der Waals surface area contributed by atoms with E-state index in [1.807, 2.05) is 0 Å². The van der Waals surface area contributed by atoms with Gasteiger partial charge < -0.3 is 9.64 Å². The Morgan fingerprint density at radius 2 is 1.81 bits per heavy atom. The summed E-state index contributed by atoms with van der Waals surface area (Å²) in [5.74, 6) is 2.47. The molecular formula is C21H32N4O. The Hall–Kier alpha value is -1.72. The molecule has 5 heteroatoms. The molecule has 1 aliphatic rings. The Balaban J connectivity index is 1.88. The second-order valence-electron chi connectivity index (χ2n) is 7.85. The molecule has 26 heavy (non-hydrogen) atoms. The van der Waals surface area contributed by atoms with Gasteiger partial charge in [0.2, 0.25) is 0 Å². The summed E-state index contributed by atoms with van der Waals surface area (Å²) in [6.07, 6.45) is 5.67. The molecular weight excluding hydrogens is 324 g/mol. The summed E-state index contributed by atoms with van der Waals surface area (Å²) < 4.78 is 7.48. The van der Waals surface area contributed by atoms with Crippen LogP contribution in [0.3, 0.4) is 0 Å². The zero-order chi connectivity index (χ0) is 18.7. The van der Waals surface area contributed by atoms with Crippen molar-refractivity contribution in [2.75, 3.05) is 21.2 Å². The average molecular weight is 357 g/mol. The van der Waals surface area contributed by atoms with Crippen molar-refractivity contribution >= 4 is 0 Å². The number of hydrogen-bond acceptors (Lipinski definition) is 4. The smallest absolute Gasteiger partial charge is 0.153 e. The van der Waals surface area contributed by atoms with Crippen LogP contribution in [0.1, 0.15) is 55.7 Å². The first-order valence-corrected chi connectivity index (χ1v) is 9.70. The first kappa shape index (κ1) is 19.1. The molecule has 142 valence electrons. The van der Waals surface area contributed by atoms with Gasteiger partial charge >= 0.3 is 0 Å². The third-order valence-electron chi connectivity index (χ3n) is 5.62. The Bertz CT molecular complexity index is 699. The maximum atomic E-state index is 5.42. The first-order chi connectivity index (χ1) is 12.5. The number of methoxy groups -OCH3 is 1. The van der Waals surface area contributed by atoms with E-state index in [1.165, 1.54) is 31.2 Å². The van der Waals surface area contributed by atoms with Crippen LogP contribution in [0.4, 0.5) is 0 Å². The lowest BCUT2D eigenvalue weighted by atomic mass is 9.85. The predicted molar refractivity (Wildman–Crippen MR) is 105 cm³/mol. The molecule has 0 aliphatic heterocycles. The van der Waals surface area contributed by atoms with Gasteiger partial charge in [-0.25, -0.2) is 9.67 Å². The lowest BCUT2D eigenvalue weighted by Gasteiger charge is -2.32. The molecule has 0 saturated heterocycles. The van der Waals surface area contributed by atoms with Crippen molar-refractivity contribution in [1.82, 2.24) is 19.7 Å². The maximum absolute atomic E-state index is 5.42. The zero-order valence-corrected chi connectivity index (χ0v) is 16.8. The average Bonchev–Trinajstić information content (AvgIpc) is 3.06. The van der Waals surface area contributed by atoms with Gasteiger partial charge in [0.25, 0.3) is 0 Å². The Labute approximate surface area is 157 Å². The van der Waals surface area contributed by atoms with Gasteiger partial charge in [0.05, 0.1) is 11.8 Å². The molecule has 1 saturated carbocycles. The monoisotopic (exact) mass is 356 g/mol. The van der Waals surface area contributed by atoms with E-state index in [1.54, 1.807) is 7.11 Å². The summed E-state index contributed by atoms with van der Waals surface area (Å²) in [7, 11) is 6.11. The summed E-state index contributed by atoms with van der Waals surface area (Å²) in [6, 6.07) is 9.25. The topological polar surface area (TPSA) is 43.2 Å². The normalized spacial score (nSPS) is 21.9. The van der Waals surface area contributed by atoms with Gasteiger partial charge in [-0.1, -0.05) is 17.7 Å². The van der Waals surface area contributed by atoms with Crippen LogP contribution in [0, 0.1) is 6.92 Å². The van der Waals surface area contributed by atoms with Gasteiger partial charge in [0, 0.05) is 25.5 Å². The number of rotatable bonds is 6. The van der Waals surface area contributed by atoms with E-state index in [0.29, 0.717) is 12.0 Å². The van der Waals surface area contributed by atoms with Crippen molar-refractivity contribution in [1.29, 1.82) is 0 Å². The number of ether oxygens (including phenoxy) is 1. The zero-order valence-electron chi connectivity index (χ0n) is 16.8. The number of nitrogens with zero attached hydrogens (tertiary/aromatic N) is 4.